The first-order valence-corrected chi connectivity index (χ1v) is 9.05. The zero-order chi connectivity index (χ0) is 19.0. The maximum absolute atomic E-state index is 13.9. The van der Waals surface area contributed by atoms with Gasteiger partial charge in [-0.3, -0.25) is 14.9 Å². The molecule has 136 valence electrons. The first-order chi connectivity index (χ1) is 13.0. The minimum Gasteiger partial charge on any atom is -0.482 e. The smallest absolute Gasteiger partial charge is 0.262 e. The quantitative estimate of drug-likeness (QED) is 0.687. The number of aromatic nitrogens is 1. The third kappa shape index (κ3) is 3.49. The van der Waals surface area contributed by atoms with Crippen LogP contribution in [0.4, 0.5) is 15.2 Å². The van der Waals surface area contributed by atoms with Crippen molar-refractivity contribution < 1.29 is 18.7 Å². The van der Waals surface area contributed by atoms with Gasteiger partial charge in [0.2, 0.25) is 0 Å². The van der Waals surface area contributed by atoms with Crippen LogP contribution in [0.15, 0.2) is 41.8 Å². The second-order valence-electron chi connectivity index (χ2n) is 5.64. The predicted octanol–water partition coefficient (Wildman–Crippen LogP) is 4.19. The Bertz CT molecular complexity index is 1050. The van der Waals surface area contributed by atoms with Crippen LogP contribution >= 0.6 is 22.9 Å². The molecule has 0 aliphatic carbocycles. The van der Waals surface area contributed by atoms with E-state index in [1.165, 1.54) is 23.5 Å². The minimum absolute atomic E-state index is 0.0160. The molecule has 0 bridgehead atoms. The number of ether oxygens (including phenoxy) is 1. The van der Waals surface area contributed by atoms with Gasteiger partial charge in [-0.2, -0.15) is 0 Å². The van der Waals surface area contributed by atoms with E-state index < -0.39 is 11.7 Å². The Morgan fingerprint density at radius 1 is 1.33 bits per heavy atom. The summed E-state index contributed by atoms with van der Waals surface area (Å²) in [4.78, 5) is 28.1. The van der Waals surface area contributed by atoms with Crippen LogP contribution in [0.25, 0.3) is 11.3 Å². The summed E-state index contributed by atoms with van der Waals surface area (Å²) in [5.74, 6) is -1.03. The molecule has 9 heteroatoms. The summed E-state index contributed by atoms with van der Waals surface area (Å²) in [5, 5.41) is 7.34. The molecule has 2 amide bonds. The number of carbonyl (C=O) groups is 2. The highest BCUT2D eigenvalue weighted by Crippen LogP contribution is 2.34. The van der Waals surface area contributed by atoms with Gasteiger partial charge in [-0.05, 0) is 30.3 Å². The van der Waals surface area contributed by atoms with Gasteiger partial charge in [0, 0.05) is 10.9 Å². The van der Waals surface area contributed by atoms with E-state index in [-0.39, 0.29) is 23.1 Å². The Morgan fingerprint density at radius 2 is 2.19 bits per heavy atom. The second-order valence-corrected chi connectivity index (χ2v) is 6.90. The highest BCUT2D eigenvalue weighted by atomic mass is 35.5. The lowest BCUT2D eigenvalue weighted by molar-refractivity contribution is -0.118. The Kier molecular flexibility index (Phi) is 4.51. The monoisotopic (exact) mass is 403 g/mol. The first kappa shape index (κ1) is 17.4. The fourth-order valence-electron chi connectivity index (χ4n) is 2.58. The summed E-state index contributed by atoms with van der Waals surface area (Å²) in [6.07, 6.45) is 0. The molecule has 3 aromatic rings. The zero-order valence-electron chi connectivity index (χ0n) is 13.6. The SMILES string of the molecule is O=C1COc2ccc(-c3csc(NC(=O)c4c(F)cccc4Cl)n3)cc2N1. The number of amides is 2. The molecule has 2 N–H and O–H groups in total. The van der Waals surface area contributed by atoms with Gasteiger partial charge >= 0.3 is 0 Å². The van der Waals surface area contributed by atoms with E-state index in [2.05, 4.69) is 15.6 Å². The number of fused-ring (bicyclic) bond motifs is 1. The van der Waals surface area contributed by atoms with Crippen molar-refractivity contribution in [2.24, 2.45) is 0 Å². The number of rotatable bonds is 3. The second kappa shape index (κ2) is 6.98. The molecule has 0 spiro atoms. The lowest BCUT2D eigenvalue weighted by Gasteiger charge is -2.18. The van der Waals surface area contributed by atoms with E-state index in [1.54, 1.807) is 23.6 Å². The van der Waals surface area contributed by atoms with Gasteiger partial charge < -0.3 is 10.1 Å². The number of anilines is 2. The molecule has 0 unspecified atom stereocenters. The van der Waals surface area contributed by atoms with Gasteiger partial charge in [-0.25, -0.2) is 9.37 Å². The number of nitrogens with one attached hydrogen (secondary N) is 2. The number of halogens is 2. The van der Waals surface area contributed by atoms with Gasteiger partial charge in [0.25, 0.3) is 11.8 Å². The molecule has 0 radical (unpaired) electrons. The third-order valence-corrected chi connectivity index (χ3v) is 4.90. The average molecular weight is 404 g/mol. The van der Waals surface area contributed by atoms with Crippen molar-refractivity contribution >= 4 is 45.6 Å². The van der Waals surface area contributed by atoms with Crippen LogP contribution in [-0.4, -0.2) is 23.4 Å². The van der Waals surface area contributed by atoms with Crippen LogP contribution in [0.1, 0.15) is 10.4 Å². The molecule has 27 heavy (non-hydrogen) atoms. The standard InChI is InChI=1S/C18H11ClFN3O3S/c19-10-2-1-3-11(20)16(10)17(25)23-18-22-13(8-27-18)9-4-5-14-12(6-9)21-15(24)7-26-14/h1-6,8H,7H2,(H,21,24)(H,22,23,25). The van der Waals surface area contributed by atoms with Gasteiger partial charge in [-0.1, -0.05) is 17.7 Å². The third-order valence-electron chi connectivity index (χ3n) is 3.82. The fourth-order valence-corrected chi connectivity index (χ4v) is 3.54. The molecule has 2 aromatic carbocycles. The normalized spacial score (nSPS) is 12.7. The molecule has 0 saturated heterocycles. The number of nitrogens with zero attached hydrogens (tertiary/aromatic N) is 1. The van der Waals surface area contributed by atoms with Crippen LogP contribution in [-0.2, 0) is 4.79 Å². The van der Waals surface area contributed by atoms with Crippen LogP contribution in [0.3, 0.4) is 0 Å². The molecule has 2 heterocycles. The zero-order valence-corrected chi connectivity index (χ0v) is 15.2. The van der Waals surface area contributed by atoms with E-state index >= 15 is 0 Å². The van der Waals surface area contributed by atoms with Crippen LogP contribution in [0.2, 0.25) is 5.02 Å². The van der Waals surface area contributed by atoms with Gasteiger partial charge in [0.15, 0.2) is 11.7 Å². The van der Waals surface area contributed by atoms with Gasteiger partial charge in [0.1, 0.15) is 11.6 Å². The summed E-state index contributed by atoms with van der Waals surface area (Å²) in [6.45, 7) is -0.0160. The highest BCUT2D eigenvalue weighted by molar-refractivity contribution is 7.14. The Hall–Kier alpha value is -2.97. The number of benzene rings is 2. The number of hydrogen-bond acceptors (Lipinski definition) is 5. The maximum atomic E-state index is 13.9. The summed E-state index contributed by atoms with van der Waals surface area (Å²) >= 11 is 7.10. The maximum Gasteiger partial charge on any atom is 0.262 e. The first-order valence-electron chi connectivity index (χ1n) is 7.79. The molecule has 6 nitrogen and oxygen atoms in total. The van der Waals surface area contributed by atoms with Gasteiger partial charge in [-0.15, -0.1) is 11.3 Å². The van der Waals surface area contributed by atoms with Crippen molar-refractivity contribution in [2.75, 3.05) is 17.2 Å². The number of thiazole rings is 1. The van der Waals surface area contributed by atoms with Crippen molar-refractivity contribution in [1.82, 2.24) is 4.98 Å². The summed E-state index contributed by atoms with van der Waals surface area (Å²) in [6, 6.07) is 9.30. The van der Waals surface area contributed by atoms with Crippen molar-refractivity contribution in [3.63, 3.8) is 0 Å². The molecule has 1 aliphatic rings. The average Bonchev–Trinajstić information content (AvgIpc) is 3.09. The highest BCUT2D eigenvalue weighted by Gasteiger charge is 2.19. The molecular formula is C18H11ClFN3O3S. The van der Waals surface area contributed by atoms with Crippen molar-refractivity contribution in [2.45, 2.75) is 0 Å². The predicted molar refractivity (Wildman–Crippen MR) is 101 cm³/mol. The topological polar surface area (TPSA) is 80.3 Å². The largest absolute Gasteiger partial charge is 0.482 e. The van der Waals surface area contributed by atoms with E-state index in [4.69, 9.17) is 16.3 Å². The number of hydrogen-bond donors (Lipinski definition) is 2. The molecule has 1 aromatic heterocycles. The molecule has 4 rings (SSSR count). The van der Waals surface area contributed by atoms with E-state index in [9.17, 15) is 14.0 Å². The molecule has 1 aliphatic heterocycles. The molecule has 0 saturated carbocycles. The van der Waals surface area contributed by atoms with E-state index in [0.29, 0.717) is 22.3 Å². The van der Waals surface area contributed by atoms with Crippen LogP contribution < -0.4 is 15.4 Å². The van der Waals surface area contributed by atoms with Crippen molar-refractivity contribution in [3.05, 3.63) is 58.2 Å². The molecule has 0 fully saturated rings. The Labute approximate surface area is 161 Å². The summed E-state index contributed by atoms with van der Waals surface area (Å²) in [7, 11) is 0. The van der Waals surface area contributed by atoms with Crippen molar-refractivity contribution in [3.8, 4) is 17.0 Å². The summed E-state index contributed by atoms with van der Waals surface area (Å²) in [5.41, 5.74) is 1.66. The van der Waals surface area contributed by atoms with E-state index in [1.807, 2.05) is 0 Å². The Morgan fingerprint density at radius 3 is 3.00 bits per heavy atom. The minimum atomic E-state index is -0.706. The fraction of sp³-hybridized carbons (Fsp3) is 0.0556. The molecular weight excluding hydrogens is 393 g/mol. The van der Waals surface area contributed by atoms with Crippen LogP contribution in [0.5, 0.6) is 5.75 Å². The number of carbonyl (C=O) groups excluding carboxylic acids is 2. The van der Waals surface area contributed by atoms with E-state index in [0.717, 1.165) is 11.6 Å². The van der Waals surface area contributed by atoms with Crippen molar-refractivity contribution in [1.29, 1.82) is 0 Å². The Balaban J connectivity index is 1.56. The molecule has 0 atom stereocenters. The lowest BCUT2D eigenvalue weighted by atomic mass is 10.1. The van der Waals surface area contributed by atoms with Gasteiger partial charge in [0.05, 0.1) is 22.0 Å². The summed E-state index contributed by atoms with van der Waals surface area (Å²) < 4.78 is 19.2. The van der Waals surface area contributed by atoms with Crippen LogP contribution in [0, 0.1) is 5.82 Å². The lowest BCUT2D eigenvalue weighted by Crippen LogP contribution is -2.25.